The average Bonchev–Trinajstić information content (AvgIpc) is 2.96. The highest BCUT2D eigenvalue weighted by atomic mass is 19.4. The molecule has 43 heavy (non-hydrogen) atoms. The molecule has 1 amide bonds. The van der Waals surface area contributed by atoms with E-state index in [1.807, 2.05) is 43.1 Å². The quantitative estimate of drug-likeness (QED) is 0.440. The Labute approximate surface area is 248 Å². The SMILES string of the molecule is CC1CN(c2cc(F)c(-c3ccc(N4CCN(C)CC4)cc3)cc2NC(=O)c2cn(C)c(=O)cc2C(F)(F)F)CCN1C. The summed E-state index contributed by atoms with van der Waals surface area (Å²) in [4.78, 5) is 34.0. The number of carbonyl (C=O) groups excluding carboxylic acids is 1. The topological polar surface area (TPSA) is 64.1 Å². The maximum absolute atomic E-state index is 15.8. The van der Waals surface area contributed by atoms with E-state index >= 15 is 4.39 Å². The monoisotopic (exact) mass is 600 g/mol. The lowest BCUT2D eigenvalue weighted by Gasteiger charge is -2.39. The van der Waals surface area contributed by atoms with Gasteiger partial charge in [-0.05, 0) is 50.8 Å². The number of hydrogen-bond donors (Lipinski definition) is 1. The predicted octanol–water partition coefficient (Wildman–Crippen LogP) is 4.35. The lowest BCUT2D eigenvalue weighted by atomic mass is 10.0. The van der Waals surface area contributed by atoms with Crippen LogP contribution in [0.25, 0.3) is 11.1 Å². The summed E-state index contributed by atoms with van der Waals surface area (Å²) in [6.07, 6.45) is -4.05. The molecule has 2 aliphatic heterocycles. The molecule has 8 nitrogen and oxygen atoms in total. The van der Waals surface area contributed by atoms with Crippen molar-refractivity contribution in [3.63, 3.8) is 0 Å². The van der Waals surface area contributed by atoms with Crippen LogP contribution in [0.5, 0.6) is 0 Å². The third kappa shape index (κ3) is 6.54. The zero-order chi connectivity index (χ0) is 31.1. The highest BCUT2D eigenvalue weighted by molar-refractivity contribution is 6.07. The number of halogens is 4. The van der Waals surface area contributed by atoms with Gasteiger partial charge < -0.3 is 29.5 Å². The molecule has 0 spiro atoms. The first kappa shape index (κ1) is 30.6. The third-order valence-electron chi connectivity index (χ3n) is 8.46. The molecule has 1 aromatic heterocycles. The van der Waals surface area contributed by atoms with Crippen LogP contribution < -0.4 is 20.7 Å². The van der Waals surface area contributed by atoms with Crippen LogP contribution in [0.3, 0.4) is 0 Å². The molecule has 2 saturated heterocycles. The summed E-state index contributed by atoms with van der Waals surface area (Å²) in [6.45, 7) is 7.42. The first-order valence-corrected chi connectivity index (χ1v) is 14.2. The van der Waals surface area contributed by atoms with Crippen LogP contribution in [0.1, 0.15) is 22.8 Å². The number of amides is 1. The Bertz CT molecular complexity index is 1550. The molecule has 2 fully saturated rings. The molecular weight excluding hydrogens is 564 g/mol. The van der Waals surface area contributed by atoms with Gasteiger partial charge in [0.2, 0.25) is 0 Å². The predicted molar refractivity (Wildman–Crippen MR) is 160 cm³/mol. The number of likely N-dealkylation sites (N-methyl/N-ethyl adjacent to an activating group) is 2. The van der Waals surface area contributed by atoms with Crippen LogP contribution in [-0.2, 0) is 13.2 Å². The van der Waals surface area contributed by atoms with Crippen molar-refractivity contribution in [2.24, 2.45) is 7.05 Å². The summed E-state index contributed by atoms with van der Waals surface area (Å²) in [6, 6.07) is 10.8. The van der Waals surface area contributed by atoms with Gasteiger partial charge in [-0.15, -0.1) is 0 Å². The van der Waals surface area contributed by atoms with Gasteiger partial charge in [-0.25, -0.2) is 4.39 Å². The number of nitrogens with zero attached hydrogens (tertiary/aromatic N) is 5. The van der Waals surface area contributed by atoms with Crippen LogP contribution in [-0.4, -0.2) is 86.2 Å². The van der Waals surface area contributed by atoms with Gasteiger partial charge in [0, 0.05) is 82.4 Å². The first-order chi connectivity index (χ1) is 20.3. The van der Waals surface area contributed by atoms with E-state index in [4.69, 9.17) is 0 Å². The summed E-state index contributed by atoms with van der Waals surface area (Å²) in [7, 11) is 5.34. The van der Waals surface area contributed by atoms with Crippen molar-refractivity contribution >= 4 is 23.0 Å². The van der Waals surface area contributed by atoms with E-state index < -0.39 is 34.6 Å². The zero-order valence-corrected chi connectivity index (χ0v) is 24.7. The van der Waals surface area contributed by atoms with Crippen molar-refractivity contribution < 1.29 is 22.4 Å². The van der Waals surface area contributed by atoms with E-state index in [1.54, 1.807) is 0 Å². The zero-order valence-electron chi connectivity index (χ0n) is 24.7. The van der Waals surface area contributed by atoms with Crippen molar-refractivity contribution in [1.82, 2.24) is 14.4 Å². The molecule has 3 heterocycles. The standard InChI is InChI=1S/C31H36F4N6O2/c1-20-18-41(14-11-38(20)3)28-17-26(32)23(21-5-7-22(8-6-21)40-12-9-37(2)10-13-40)15-27(28)36-30(43)24-19-39(4)29(42)16-25(24)31(33,34)35/h5-8,15-17,19-20H,9-14,18H2,1-4H3,(H,36,43). The highest BCUT2D eigenvalue weighted by Gasteiger charge is 2.36. The van der Waals surface area contributed by atoms with E-state index in [-0.39, 0.29) is 17.3 Å². The minimum atomic E-state index is -4.92. The van der Waals surface area contributed by atoms with Crippen molar-refractivity contribution in [2.45, 2.75) is 19.1 Å². The number of alkyl halides is 3. The lowest BCUT2D eigenvalue weighted by Crippen LogP contribution is -2.50. The number of carbonyl (C=O) groups is 1. The minimum absolute atomic E-state index is 0.127. The van der Waals surface area contributed by atoms with Crippen molar-refractivity contribution in [3.8, 4) is 11.1 Å². The second kappa shape index (κ2) is 12.0. The second-order valence-electron chi connectivity index (χ2n) is 11.5. The summed E-state index contributed by atoms with van der Waals surface area (Å²) in [5, 5.41) is 2.62. The molecule has 230 valence electrons. The normalized spacial score (nSPS) is 18.7. The van der Waals surface area contributed by atoms with Gasteiger partial charge in [-0.3, -0.25) is 9.59 Å². The summed E-state index contributed by atoms with van der Waals surface area (Å²) in [5.41, 5.74) is -0.558. The molecule has 12 heteroatoms. The lowest BCUT2D eigenvalue weighted by molar-refractivity contribution is -0.138. The van der Waals surface area contributed by atoms with E-state index in [9.17, 15) is 22.8 Å². The number of anilines is 3. The van der Waals surface area contributed by atoms with Crippen LogP contribution in [0.4, 0.5) is 34.6 Å². The third-order valence-corrected chi connectivity index (χ3v) is 8.46. The number of aromatic nitrogens is 1. The molecule has 0 aliphatic carbocycles. The molecule has 1 atom stereocenters. The van der Waals surface area contributed by atoms with Crippen LogP contribution in [0.15, 0.2) is 53.5 Å². The van der Waals surface area contributed by atoms with Gasteiger partial charge in [0.25, 0.3) is 11.5 Å². The van der Waals surface area contributed by atoms with Gasteiger partial charge >= 0.3 is 6.18 Å². The molecule has 2 aliphatic rings. The molecular formula is C31H36F4N6O2. The van der Waals surface area contributed by atoms with Crippen LogP contribution in [0.2, 0.25) is 0 Å². The summed E-state index contributed by atoms with van der Waals surface area (Å²) in [5.74, 6) is -1.56. The van der Waals surface area contributed by atoms with E-state index in [0.29, 0.717) is 37.0 Å². The fraction of sp³-hybridized carbons (Fsp3) is 0.419. The summed E-state index contributed by atoms with van der Waals surface area (Å²) < 4.78 is 58.2. The van der Waals surface area contributed by atoms with Crippen molar-refractivity contribution in [3.05, 3.63) is 76.0 Å². The smallest absolute Gasteiger partial charge is 0.369 e. The Morgan fingerprint density at radius 1 is 0.907 bits per heavy atom. The number of piperazine rings is 2. The fourth-order valence-corrected chi connectivity index (χ4v) is 5.56. The van der Waals surface area contributed by atoms with E-state index in [0.717, 1.165) is 42.6 Å². The molecule has 2 aromatic carbocycles. The Balaban J connectivity index is 1.53. The Hall–Kier alpha value is -3.90. The molecule has 5 rings (SSSR count). The molecule has 0 radical (unpaired) electrons. The van der Waals surface area contributed by atoms with E-state index in [2.05, 4.69) is 27.1 Å². The summed E-state index contributed by atoms with van der Waals surface area (Å²) >= 11 is 0. The average molecular weight is 601 g/mol. The maximum atomic E-state index is 15.8. The van der Waals surface area contributed by atoms with Gasteiger partial charge in [-0.2, -0.15) is 13.2 Å². The molecule has 1 N–H and O–H groups in total. The van der Waals surface area contributed by atoms with Crippen molar-refractivity contribution in [1.29, 1.82) is 0 Å². The number of hydrogen-bond acceptors (Lipinski definition) is 6. The van der Waals surface area contributed by atoms with Crippen molar-refractivity contribution in [2.75, 3.05) is 75.0 Å². The van der Waals surface area contributed by atoms with Crippen LogP contribution in [0, 0.1) is 5.82 Å². The first-order valence-electron chi connectivity index (χ1n) is 14.2. The Morgan fingerprint density at radius 3 is 2.19 bits per heavy atom. The Kier molecular flexibility index (Phi) is 8.53. The number of benzene rings is 2. The number of pyridine rings is 1. The maximum Gasteiger partial charge on any atom is 0.417 e. The number of aryl methyl sites for hydroxylation is 1. The molecule has 1 unspecified atom stereocenters. The molecule has 3 aromatic rings. The number of rotatable bonds is 5. The van der Waals surface area contributed by atoms with Gasteiger partial charge in [0.15, 0.2) is 0 Å². The van der Waals surface area contributed by atoms with Gasteiger partial charge in [0.05, 0.1) is 22.5 Å². The van der Waals surface area contributed by atoms with E-state index in [1.165, 1.54) is 19.2 Å². The fourth-order valence-electron chi connectivity index (χ4n) is 5.56. The molecule has 0 bridgehead atoms. The van der Waals surface area contributed by atoms with Gasteiger partial charge in [0.1, 0.15) is 5.82 Å². The van der Waals surface area contributed by atoms with Crippen LogP contribution >= 0.6 is 0 Å². The number of nitrogens with one attached hydrogen (secondary N) is 1. The Morgan fingerprint density at radius 2 is 1.56 bits per heavy atom. The minimum Gasteiger partial charge on any atom is -0.369 e. The highest BCUT2D eigenvalue weighted by Crippen LogP contribution is 2.37. The second-order valence-corrected chi connectivity index (χ2v) is 11.5. The van der Waals surface area contributed by atoms with Gasteiger partial charge in [-0.1, -0.05) is 12.1 Å². The molecule has 0 saturated carbocycles. The largest absolute Gasteiger partial charge is 0.417 e.